The molecule has 1 aliphatic rings. The number of sulfonamides is 1. The zero-order valence-electron chi connectivity index (χ0n) is 15.8. The van der Waals surface area contributed by atoms with E-state index in [9.17, 15) is 13.2 Å². The molecule has 2 aromatic rings. The molecule has 1 aliphatic heterocycles. The first-order valence-corrected chi connectivity index (χ1v) is 10.7. The highest BCUT2D eigenvalue weighted by Crippen LogP contribution is 2.21. The third kappa shape index (κ3) is 4.78. The number of aryl methyl sites for hydroxylation is 1. The van der Waals surface area contributed by atoms with Crippen molar-refractivity contribution >= 4 is 15.9 Å². The van der Waals surface area contributed by atoms with Crippen molar-refractivity contribution in [2.75, 3.05) is 13.1 Å². The van der Waals surface area contributed by atoms with Crippen molar-refractivity contribution in [3.05, 3.63) is 53.5 Å². The Morgan fingerprint density at radius 1 is 1.11 bits per heavy atom. The van der Waals surface area contributed by atoms with Gasteiger partial charge in [0, 0.05) is 13.1 Å². The molecule has 7 heteroatoms. The van der Waals surface area contributed by atoms with Gasteiger partial charge in [-0.1, -0.05) is 18.6 Å². The summed E-state index contributed by atoms with van der Waals surface area (Å²) in [7, 11) is -3.44. The number of hydrogen-bond donors (Lipinski definition) is 1. The van der Waals surface area contributed by atoms with Crippen molar-refractivity contribution in [3.63, 3.8) is 0 Å². The third-order valence-corrected chi connectivity index (χ3v) is 6.72. The highest BCUT2D eigenvalue weighted by molar-refractivity contribution is 7.89. The molecule has 1 aromatic heterocycles. The Kier molecular flexibility index (Phi) is 6.01. The Morgan fingerprint density at radius 2 is 1.78 bits per heavy atom. The van der Waals surface area contributed by atoms with Gasteiger partial charge in [0.2, 0.25) is 15.9 Å². The van der Waals surface area contributed by atoms with Gasteiger partial charge in [0.25, 0.3) is 0 Å². The van der Waals surface area contributed by atoms with Gasteiger partial charge >= 0.3 is 0 Å². The Bertz CT molecular complexity index is 881. The van der Waals surface area contributed by atoms with Crippen LogP contribution in [0.4, 0.5) is 0 Å². The van der Waals surface area contributed by atoms with Gasteiger partial charge in [-0.15, -0.1) is 0 Å². The minimum absolute atomic E-state index is 0.136. The van der Waals surface area contributed by atoms with Crippen LogP contribution in [0.5, 0.6) is 0 Å². The molecule has 1 saturated heterocycles. The van der Waals surface area contributed by atoms with Crippen LogP contribution in [0, 0.1) is 6.92 Å². The van der Waals surface area contributed by atoms with E-state index in [2.05, 4.69) is 5.32 Å². The average molecular weight is 391 g/mol. The lowest BCUT2D eigenvalue weighted by Crippen LogP contribution is -2.35. The number of carbonyl (C=O) groups excluding carboxylic acids is 1. The lowest BCUT2D eigenvalue weighted by atomic mass is 10.1. The molecule has 0 bridgehead atoms. The average Bonchev–Trinajstić information content (AvgIpc) is 3.09. The van der Waals surface area contributed by atoms with E-state index >= 15 is 0 Å². The zero-order chi connectivity index (χ0) is 19.4. The van der Waals surface area contributed by atoms with Crippen molar-refractivity contribution < 1.29 is 17.6 Å². The summed E-state index contributed by atoms with van der Waals surface area (Å²) in [5.41, 5.74) is 0.771. The van der Waals surface area contributed by atoms with Crippen LogP contribution in [-0.4, -0.2) is 31.7 Å². The summed E-state index contributed by atoms with van der Waals surface area (Å²) in [6.07, 6.45) is 3.08. The molecule has 3 rings (SSSR count). The molecular formula is C20H26N2O4S. The van der Waals surface area contributed by atoms with Crippen LogP contribution in [-0.2, 0) is 21.2 Å². The first-order chi connectivity index (χ1) is 12.9. The number of hydrogen-bond acceptors (Lipinski definition) is 4. The standard InChI is InChI=1S/C20H26N2O4S/c1-15-6-11-19(26-15)16(2)21-20(23)14-17-7-9-18(10-8-17)27(24,25)22-12-4-3-5-13-22/h6-11,16H,3-5,12-14H2,1-2H3,(H,21,23). The fourth-order valence-electron chi connectivity index (χ4n) is 3.27. The highest BCUT2D eigenvalue weighted by atomic mass is 32.2. The van der Waals surface area contributed by atoms with Crippen molar-refractivity contribution in [1.82, 2.24) is 9.62 Å². The van der Waals surface area contributed by atoms with Crippen molar-refractivity contribution in [1.29, 1.82) is 0 Å². The van der Waals surface area contributed by atoms with E-state index in [1.807, 2.05) is 26.0 Å². The Labute approximate surface area is 160 Å². The van der Waals surface area contributed by atoms with Gasteiger partial charge in [0.1, 0.15) is 11.5 Å². The summed E-state index contributed by atoms with van der Waals surface area (Å²) < 4.78 is 32.4. The highest BCUT2D eigenvalue weighted by Gasteiger charge is 2.25. The maximum absolute atomic E-state index is 12.7. The summed E-state index contributed by atoms with van der Waals surface area (Å²) in [4.78, 5) is 12.5. The van der Waals surface area contributed by atoms with Crippen LogP contribution >= 0.6 is 0 Å². The van der Waals surface area contributed by atoms with E-state index in [0.717, 1.165) is 30.6 Å². The van der Waals surface area contributed by atoms with Gasteiger partial charge in [-0.25, -0.2) is 8.42 Å². The number of nitrogens with one attached hydrogen (secondary N) is 1. The minimum Gasteiger partial charge on any atom is -0.464 e. The number of benzene rings is 1. The summed E-state index contributed by atoms with van der Waals surface area (Å²) >= 11 is 0. The lowest BCUT2D eigenvalue weighted by Gasteiger charge is -2.25. The molecule has 1 amide bonds. The predicted octanol–water partition coefficient (Wildman–Crippen LogP) is 3.18. The molecule has 1 fully saturated rings. The van der Waals surface area contributed by atoms with Crippen LogP contribution in [0.3, 0.4) is 0 Å². The summed E-state index contributed by atoms with van der Waals surface area (Å²) in [6, 6.07) is 10.1. The van der Waals surface area contributed by atoms with Crippen molar-refractivity contribution in [2.24, 2.45) is 0 Å². The molecule has 2 heterocycles. The number of rotatable bonds is 6. The second-order valence-electron chi connectivity index (χ2n) is 7.02. The Balaban J connectivity index is 1.60. The van der Waals surface area contributed by atoms with Crippen molar-refractivity contribution in [3.8, 4) is 0 Å². The third-order valence-electron chi connectivity index (χ3n) is 4.81. The van der Waals surface area contributed by atoms with Crippen LogP contribution in [0.1, 0.15) is 49.3 Å². The summed E-state index contributed by atoms with van der Waals surface area (Å²) in [5.74, 6) is 1.38. The topological polar surface area (TPSA) is 79.6 Å². The lowest BCUT2D eigenvalue weighted by molar-refractivity contribution is -0.121. The van der Waals surface area contributed by atoms with Crippen LogP contribution in [0.25, 0.3) is 0 Å². The molecule has 0 aliphatic carbocycles. The van der Waals surface area contributed by atoms with E-state index in [-0.39, 0.29) is 23.3 Å². The molecule has 146 valence electrons. The van der Waals surface area contributed by atoms with Crippen LogP contribution in [0.15, 0.2) is 45.7 Å². The molecule has 1 aromatic carbocycles. The SMILES string of the molecule is Cc1ccc(C(C)NC(=O)Cc2ccc(S(=O)(=O)N3CCCCC3)cc2)o1. The maximum Gasteiger partial charge on any atom is 0.243 e. The second-order valence-corrected chi connectivity index (χ2v) is 8.96. The fraction of sp³-hybridized carbons (Fsp3) is 0.450. The second kappa shape index (κ2) is 8.27. The first-order valence-electron chi connectivity index (χ1n) is 9.31. The molecule has 6 nitrogen and oxygen atoms in total. The monoisotopic (exact) mass is 390 g/mol. The van der Waals surface area contributed by atoms with Gasteiger partial charge in [0.15, 0.2) is 0 Å². The van der Waals surface area contributed by atoms with Gasteiger partial charge in [-0.2, -0.15) is 4.31 Å². The van der Waals surface area contributed by atoms with E-state index in [4.69, 9.17) is 4.42 Å². The predicted molar refractivity (Wildman–Crippen MR) is 103 cm³/mol. The van der Waals surface area contributed by atoms with Crippen LogP contribution < -0.4 is 5.32 Å². The van der Waals surface area contributed by atoms with Crippen molar-refractivity contribution in [2.45, 2.75) is 50.5 Å². The van der Waals surface area contributed by atoms with Gasteiger partial charge in [-0.05, 0) is 56.5 Å². The number of nitrogens with zero attached hydrogens (tertiary/aromatic N) is 1. The normalized spacial score (nSPS) is 16.8. The Morgan fingerprint density at radius 3 is 2.37 bits per heavy atom. The summed E-state index contributed by atoms with van der Waals surface area (Å²) in [6.45, 7) is 4.88. The zero-order valence-corrected chi connectivity index (χ0v) is 16.6. The quantitative estimate of drug-likeness (QED) is 0.822. The van der Waals surface area contributed by atoms with Gasteiger partial charge in [0.05, 0.1) is 17.4 Å². The van der Waals surface area contributed by atoms with E-state index in [1.54, 1.807) is 28.6 Å². The first kappa shape index (κ1) is 19.6. The van der Waals surface area contributed by atoms with E-state index in [0.29, 0.717) is 18.8 Å². The molecule has 1 unspecified atom stereocenters. The smallest absolute Gasteiger partial charge is 0.243 e. The maximum atomic E-state index is 12.7. The minimum atomic E-state index is -3.44. The molecule has 27 heavy (non-hydrogen) atoms. The molecule has 0 spiro atoms. The van der Waals surface area contributed by atoms with Crippen LogP contribution in [0.2, 0.25) is 0 Å². The summed E-state index contributed by atoms with van der Waals surface area (Å²) in [5, 5.41) is 2.90. The molecule has 0 saturated carbocycles. The number of furan rings is 1. The largest absolute Gasteiger partial charge is 0.464 e. The van der Waals surface area contributed by atoms with Gasteiger partial charge in [-0.3, -0.25) is 4.79 Å². The fourth-order valence-corrected chi connectivity index (χ4v) is 4.79. The molecule has 1 atom stereocenters. The van der Waals surface area contributed by atoms with Gasteiger partial charge < -0.3 is 9.73 Å². The van der Waals surface area contributed by atoms with E-state index in [1.165, 1.54) is 0 Å². The van der Waals surface area contributed by atoms with E-state index < -0.39 is 10.0 Å². The Hall–Kier alpha value is -2.12. The number of carbonyl (C=O) groups is 1. The number of amides is 1. The molecule has 0 radical (unpaired) electrons. The number of piperidine rings is 1. The molecule has 1 N–H and O–H groups in total. The molecular weight excluding hydrogens is 364 g/mol.